The minimum atomic E-state index is -0.388. The third-order valence-corrected chi connectivity index (χ3v) is 5.39. The van der Waals surface area contributed by atoms with Gasteiger partial charge < -0.3 is 9.64 Å². The van der Waals surface area contributed by atoms with Gasteiger partial charge in [0.15, 0.2) is 0 Å². The van der Waals surface area contributed by atoms with E-state index in [0.717, 1.165) is 5.69 Å². The molecule has 0 atom stereocenters. The van der Waals surface area contributed by atoms with Crippen LogP contribution < -0.4 is 14.5 Å². The van der Waals surface area contributed by atoms with Crippen LogP contribution in [0.3, 0.4) is 0 Å². The maximum Gasteiger partial charge on any atom is 0.282 e. The van der Waals surface area contributed by atoms with E-state index < -0.39 is 0 Å². The Hall–Kier alpha value is -3.57. The predicted molar refractivity (Wildman–Crippen MR) is 128 cm³/mol. The van der Waals surface area contributed by atoms with Gasteiger partial charge in [-0.25, -0.2) is 4.90 Å². The first-order valence-corrected chi connectivity index (χ1v) is 10.7. The number of hydrogen-bond acceptors (Lipinski definition) is 4. The van der Waals surface area contributed by atoms with Crippen LogP contribution in [0.2, 0.25) is 5.02 Å². The Balaban J connectivity index is 1.82. The first-order chi connectivity index (χ1) is 15.4. The molecule has 0 N–H and O–H groups in total. The van der Waals surface area contributed by atoms with Crippen LogP contribution in [0.25, 0.3) is 5.57 Å². The molecular weight excluding hydrogens is 424 g/mol. The lowest BCUT2D eigenvalue weighted by Crippen LogP contribution is -2.34. The van der Waals surface area contributed by atoms with Gasteiger partial charge in [0.2, 0.25) is 0 Å². The molecule has 5 nitrogen and oxygen atoms in total. The van der Waals surface area contributed by atoms with Gasteiger partial charge in [-0.3, -0.25) is 9.59 Å². The van der Waals surface area contributed by atoms with Crippen LogP contribution in [0.1, 0.15) is 19.4 Å². The predicted octanol–water partition coefficient (Wildman–Crippen LogP) is 5.55. The highest BCUT2D eigenvalue weighted by atomic mass is 35.5. The van der Waals surface area contributed by atoms with Crippen LogP contribution in [0.4, 0.5) is 11.4 Å². The number of carbonyl (C=O) groups is 2. The third-order valence-electron chi connectivity index (χ3n) is 5.14. The molecule has 4 rings (SSSR count). The molecule has 0 saturated carbocycles. The lowest BCUT2D eigenvalue weighted by molar-refractivity contribution is -0.120. The first-order valence-electron chi connectivity index (χ1n) is 10.3. The highest BCUT2D eigenvalue weighted by Crippen LogP contribution is 2.36. The summed E-state index contributed by atoms with van der Waals surface area (Å²) in [6.07, 6.45) is 0.0370. The molecule has 0 saturated heterocycles. The molecule has 6 heteroatoms. The van der Waals surface area contributed by atoms with E-state index >= 15 is 0 Å². The van der Waals surface area contributed by atoms with Crippen molar-refractivity contribution in [1.82, 2.24) is 0 Å². The van der Waals surface area contributed by atoms with E-state index in [0.29, 0.717) is 33.3 Å². The molecule has 1 aliphatic heterocycles. The molecule has 32 heavy (non-hydrogen) atoms. The van der Waals surface area contributed by atoms with Gasteiger partial charge in [0, 0.05) is 17.8 Å². The average molecular weight is 447 g/mol. The summed E-state index contributed by atoms with van der Waals surface area (Å²) in [5, 5.41) is 0.531. The lowest BCUT2D eigenvalue weighted by Gasteiger charge is -2.21. The van der Waals surface area contributed by atoms with Crippen LogP contribution in [0.15, 0.2) is 84.6 Å². The Morgan fingerprint density at radius 2 is 1.47 bits per heavy atom. The molecule has 0 spiro atoms. The van der Waals surface area contributed by atoms with Gasteiger partial charge in [-0.1, -0.05) is 41.9 Å². The number of para-hydroxylation sites is 1. The molecule has 0 fully saturated rings. The molecule has 0 bridgehead atoms. The second-order valence-corrected chi connectivity index (χ2v) is 8.17. The van der Waals surface area contributed by atoms with Crippen LogP contribution in [-0.2, 0) is 9.59 Å². The number of amides is 2. The standard InChI is InChI=1S/C26H23ClN2O3/c1-17(2)32-22-15-9-18(10-16-22)23-24(28(3)20-7-5-4-6-8-20)26(31)29(25(23)30)21-13-11-19(27)12-14-21/h4-17H,1-3H3. The van der Waals surface area contributed by atoms with Crippen LogP contribution in [0.5, 0.6) is 5.75 Å². The largest absolute Gasteiger partial charge is 0.491 e. The minimum Gasteiger partial charge on any atom is -0.491 e. The van der Waals surface area contributed by atoms with Crippen LogP contribution in [-0.4, -0.2) is 25.0 Å². The molecule has 3 aromatic carbocycles. The maximum absolute atomic E-state index is 13.6. The maximum atomic E-state index is 13.6. The summed E-state index contributed by atoms with van der Waals surface area (Å²) in [6, 6.07) is 23.4. The van der Waals surface area contributed by atoms with Crippen molar-refractivity contribution < 1.29 is 14.3 Å². The average Bonchev–Trinajstić information content (AvgIpc) is 3.05. The second kappa shape index (κ2) is 8.89. The van der Waals surface area contributed by atoms with Crippen molar-refractivity contribution in [2.75, 3.05) is 16.8 Å². The number of anilines is 2. The van der Waals surface area contributed by atoms with Crippen molar-refractivity contribution in [3.05, 3.63) is 95.1 Å². The van der Waals surface area contributed by atoms with Crippen molar-refractivity contribution in [2.45, 2.75) is 20.0 Å². The zero-order valence-corrected chi connectivity index (χ0v) is 18.8. The van der Waals surface area contributed by atoms with Crippen LogP contribution >= 0.6 is 11.6 Å². The molecule has 1 heterocycles. The molecule has 3 aromatic rings. The molecule has 162 valence electrons. The van der Waals surface area contributed by atoms with Gasteiger partial charge in [-0.2, -0.15) is 0 Å². The normalized spacial score (nSPS) is 13.8. The third kappa shape index (κ3) is 4.12. The summed E-state index contributed by atoms with van der Waals surface area (Å²) < 4.78 is 5.72. The monoisotopic (exact) mass is 446 g/mol. The summed E-state index contributed by atoms with van der Waals surface area (Å²) >= 11 is 6.01. The van der Waals surface area contributed by atoms with Crippen molar-refractivity contribution in [2.24, 2.45) is 0 Å². The van der Waals surface area contributed by atoms with E-state index in [9.17, 15) is 9.59 Å². The first kappa shape index (κ1) is 21.7. The van der Waals surface area contributed by atoms with Gasteiger partial charge in [-0.05, 0) is 67.9 Å². The number of benzene rings is 3. The number of halogens is 1. The number of likely N-dealkylation sites (N-methyl/N-ethyl adjacent to an activating group) is 1. The van der Waals surface area contributed by atoms with E-state index in [1.807, 2.05) is 68.4 Å². The number of hydrogen-bond donors (Lipinski definition) is 0. The molecule has 2 amide bonds. The van der Waals surface area contributed by atoms with Crippen molar-refractivity contribution in [3.63, 3.8) is 0 Å². The second-order valence-electron chi connectivity index (χ2n) is 7.73. The molecule has 0 unspecified atom stereocenters. The van der Waals surface area contributed by atoms with E-state index in [1.54, 1.807) is 36.2 Å². The van der Waals surface area contributed by atoms with E-state index in [-0.39, 0.29) is 17.9 Å². The summed E-state index contributed by atoms with van der Waals surface area (Å²) in [5.74, 6) is -0.0672. The zero-order valence-electron chi connectivity index (χ0n) is 18.1. The number of ether oxygens (including phenoxy) is 1. The number of nitrogens with zero attached hydrogens (tertiary/aromatic N) is 2. The fourth-order valence-electron chi connectivity index (χ4n) is 3.67. The summed E-state index contributed by atoms with van der Waals surface area (Å²) in [6.45, 7) is 3.90. The molecule has 0 radical (unpaired) electrons. The SMILES string of the molecule is CC(C)Oc1ccc(C2=C(N(C)c3ccccc3)C(=O)N(c3ccc(Cl)cc3)C2=O)cc1. The van der Waals surface area contributed by atoms with Gasteiger partial charge in [0.1, 0.15) is 11.4 Å². The Labute approximate surface area is 192 Å². The fourth-order valence-corrected chi connectivity index (χ4v) is 3.79. The van der Waals surface area contributed by atoms with Gasteiger partial charge in [-0.15, -0.1) is 0 Å². The topological polar surface area (TPSA) is 49.9 Å². The number of carbonyl (C=O) groups excluding carboxylic acids is 2. The lowest BCUT2D eigenvalue weighted by atomic mass is 10.0. The highest BCUT2D eigenvalue weighted by molar-refractivity contribution is 6.46. The van der Waals surface area contributed by atoms with Crippen molar-refractivity contribution in [3.8, 4) is 5.75 Å². The smallest absolute Gasteiger partial charge is 0.282 e. The Morgan fingerprint density at radius 3 is 2.06 bits per heavy atom. The highest BCUT2D eigenvalue weighted by Gasteiger charge is 2.42. The summed E-state index contributed by atoms with van der Waals surface area (Å²) in [7, 11) is 1.79. The Kier molecular flexibility index (Phi) is 6.01. The van der Waals surface area contributed by atoms with Crippen molar-refractivity contribution in [1.29, 1.82) is 0 Å². The van der Waals surface area contributed by atoms with Gasteiger partial charge >= 0.3 is 0 Å². The summed E-state index contributed by atoms with van der Waals surface area (Å²) in [4.78, 5) is 30.1. The molecular formula is C26H23ClN2O3. The zero-order chi connectivity index (χ0) is 22.8. The number of rotatable bonds is 6. The molecule has 0 aromatic heterocycles. The Bertz CT molecular complexity index is 1170. The van der Waals surface area contributed by atoms with Crippen LogP contribution in [0, 0.1) is 0 Å². The minimum absolute atomic E-state index is 0.0370. The summed E-state index contributed by atoms with van der Waals surface area (Å²) in [5.41, 5.74) is 2.58. The van der Waals surface area contributed by atoms with E-state index in [4.69, 9.17) is 16.3 Å². The molecule has 0 aliphatic carbocycles. The van der Waals surface area contributed by atoms with Crippen molar-refractivity contribution >= 4 is 40.4 Å². The van der Waals surface area contributed by atoms with Gasteiger partial charge in [0.25, 0.3) is 11.8 Å². The quantitative estimate of drug-likeness (QED) is 0.466. The Morgan fingerprint density at radius 1 is 0.844 bits per heavy atom. The van der Waals surface area contributed by atoms with E-state index in [2.05, 4.69) is 0 Å². The van der Waals surface area contributed by atoms with E-state index in [1.165, 1.54) is 4.90 Å². The van der Waals surface area contributed by atoms with Gasteiger partial charge in [0.05, 0.1) is 17.4 Å². The fraction of sp³-hybridized carbons (Fsp3) is 0.154. The number of imide groups is 1. The molecule has 1 aliphatic rings.